The van der Waals surface area contributed by atoms with Crippen molar-refractivity contribution in [1.82, 2.24) is 10.2 Å². The van der Waals surface area contributed by atoms with Gasteiger partial charge in [-0.05, 0) is 62.4 Å². The summed E-state index contributed by atoms with van der Waals surface area (Å²) in [5.74, 6) is 0.536. The normalized spacial score (nSPS) is 17.1. The zero-order chi connectivity index (χ0) is 14.4. The van der Waals surface area contributed by atoms with E-state index in [0.717, 1.165) is 18.7 Å². The van der Waals surface area contributed by atoms with E-state index in [4.69, 9.17) is 0 Å². The van der Waals surface area contributed by atoms with Gasteiger partial charge in [0.05, 0.1) is 0 Å². The fourth-order valence-corrected chi connectivity index (χ4v) is 2.99. The van der Waals surface area contributed by atoms with Gasteiger partial charge < -0.3 is 10.2 Å². The third kappa shape index (κ3) is 4.53. The predicted molar refractivity (Wildman–Crippen MR) is 85.4 cm³/mol. The average Bonchev–Trinajstić information content (AvgIpc) is 2.97. The van der Waals surface area contributed by atoms with Crippen molar-refractivity contribution < 1.29 is 4.79 Å². The second-order valence-corrected chi connectivity index (χ2v) is 6.43. The molecular weight excluding hydrogens is 268 g/mol. The first-order valence-corrected chi connectivity index (χ1v) is 8.56. The lowest BCUT2D eigenvalue weighted by molar-refractivity contribution is 0.0945. The van der Waals surface area contributed by atoms with Gasteiger partial charge in [0.15, 0.2) is 0 Å². The molecule has 2 rings (SSSR count). The van der Waals surface area contributed by atoms with Crippen molar-refractivity contribution in [3.8, 4) is 0 Å². The van der Waals surface area contributed by atoms with Crippen LogP contribution >= 0.6 is 11.8 Å². The van der Waals surface area contributed by atoms with Gasteiger partial charge in [-0.25, -0.2) is 0 Å². The fraction of sp³-hybridized carbons (Fsp3) is 0.562. The maximum absolute atomic E-state index is 12.1. The molecule has 1 N–H and O–H groups in total. The van der Waals surface area contributed by atoms with Crippen LogP contribution in [0.2, 0.25) is 0 Å². The number of thioether (sulfide) groups is 1. The maximum Gasteiger partial charge on any atom is 0.251 e. The summed E-state index contributed by atoms with van der Waals surface area (Å²) in [6.45, 7) is 6.48. The molecule has 0 aromatic heterocycles. The molecule has 1 aliphatic heterocycles. The molecule has 0 radical (unpaired) electrons. The predicted octanol–water partition coefficient (Wildman–Crippen LogP) is 2.87. The summed E-state index contributed by atoms with van der Waals surface area (Å²) in [4.78, 5) is 15.7. The van der Waals surface area contributed by atoms with Crippen LogP contribution in [0.3, 0.4) is 0 Å². The lowest BCUT2D eigenvalue weighted by atomic mass is 10.1. The van der Waals surface area contributed by atoms with Gasteiger partial charge >= 0.3 is 0 Å². The second kappa shape index (κ2) is 7.70. The monoisotopic (exact) mass is 292 g/mol. The van der Waals surface area contributed by atoms with E-state index in [9.17, 15) is 4.79 Å². The van der Waals surface area contributed by atoms with Crippen molar-refractivity contribution in [2.45, 2.75) is 24.7 Å². The topological polar surface area (TPSA) is 32.3 Å². The van der Waals surface area contributed by atoms with Crippen LogP contribution in [0.15, 0.2) is 29.2 Å². The molecule has 1 aromatic carbocycles. The van der Waals surface area contributed by atoms with Crippen LogP contribution in [0.4, 0.5) is 0 Å². The zero-order valence-corrected chi connectivity index (χ0v) is 13.2. The number of nitrogens with zero attached hydrogens (tertiary/aromatic N) is 1. The van der Waals surface area contributed by atoms with E-state index in [1.807, 2.05) is 30.5 Å². The van der Waals surface area contributed by atoms with Gasteiger partial charge in [0, 0.05) is 23.5 Å². The molecule has 1 heterocycles. The van der Waals surface area contributed by atoms with Crippen molar-refractivity contribution in [2.24, 2.45) is 5.92 Å². The number of rotatable bonds is 6. The van der Waals surface area contributed by atoms with Crippen LogP contribution in [-0.4, -0.2) is 43.2 Å². The van der Waals surface area contributed by atoms with Gasteiger partial charge in [-0.15, -0.1) is 11.8 Å². The van der Waals surface area contributed by atoms with Gasteiger partial charge in [0.2, 0.25) is 0 Å². The Morgan fingerprint density at radius 3 is 2.55 bits per heavy atom. The molecule has 1 amide bonds. The first-order chi connectivity index (χ1) is 9.69. The molecule has 20 heavy (non-hydrogen) atoms. The SMILES string of the molecule is CSc1ccc(C(=O)NCC(C)CN2CCCC2)cc1. The number of amides is 1. The molecule has 1 atom stereocenters. The zero-order valence-electron chi connectivity index (χ0n) is 12.4. The van der Waals surface area contributed by atoms with E-state index in [-0.39, 0.29) is 5.91 Å². The Labute approximate surface area is 126 Å². The van der Waals surface area contributed by atoms with Crippen molar-refractivity contribution in [3.05, 3.63) is 29.8 Å². The summed E-state index contributed by atoms with van der Waals surface area (Å²) in [6.07, 6.45) is 4.68. The Bertz CT molecular complexity index is 427. The first kappa shape index (κ1) is 15.4. The summed E-state index contributed by atoms with van der Waals surface area (Å²) >= 11 is 1.69. The highest BCUT2D eigenvalue weighted by atomic mass is 32.2. The third-order valence-electron chi connectivity index (χ3n) is 3.73. The third-order valence-corrected chi connectivity index (χ3v) is 4.48. The highest BCUT2D eigenvalue weighted by molar-refractivity contribution is 7.98. The molecule has 4 heteroatoms. The lowest BCUT2D eigenvalue weighted by Gasteiger charge is -2.20. The van der Waals surface area contributed by atoms with Crippen molar-refractivity contribution >= 4 is 17.7 Å². The van der Waals surface area contributed by atoms with E-state index >= 15 is 0 Å². The maximum atomic E-state index is 12.1. The standard InChI is InChI=1S/C16H24N2OS/c1-13(12-18-9-3-4-10-18)11-17-16(19)14-5-7-15(20-2)8-6-14/h5-8,13H,3-4,9-12H2,1-2H3,(H,17,19). The average molecular weight is 292 g/mol. The molecule has 1 aromatic rings. The molecule has 1 saturated heterocycles. The van der Waals surface area contributed by atoms with E-state index in [0.29, 0.717) is 5.92 Å². The molecule has 0 bridgehead atoms. The molecule has 1 aliphatic rings. The smallest absolute Gasteiger partial charge is 0.251 e. The van der Waals surface area contributed by atoms with Gasteiger partial charge in [0.25, 0.3) is 5.91 Å². The lowest BCUT2D eigenvalue weighted by Crippen LogP contribution is -2.34. The summed E-state index contributed by atoms with van der Waals surface area (Å²) in [5.41, 5.74) is 0.746. The Balaban J connectivity index is 1.75. The van der Waals surface area contributed by atoms with Crippen LogP contribution < -0.4 is 5.32 Å². The van der Waals surface area contributed by atoms with Crippen LogP contribution in [0.25, 0.3) is 0 Å². The summed E-state index contributed by atoms with van der Waals surface area (Å²) in [5, 5.41) is 3.04. The summed E-state index contributed by atoms with van der Waals surface area (Å²) in [6, 6.07) is 7.78. The van der Waals surface area contributed by atoms with Crippen LogP contribution in [0.1, 0.15) is 30.1 Å². The van der Waals surface area contributed by atoms with Gasteiger partial charge in [-0.2, -0.15) is 0 Å². The molecule has 110 valence electrons. The molecular formula is C16H24N2OS. The van der Waals surface area contributed by atoms with E-state index in [1.54, 1.807) is 11.8 Å². The van der Waals surface area contributed by atoms with E-state index < -0.39 is 0 Å². The molecule has 0 aliphatic carbocycles. The minimum absolute atomic E-state index is 0.0333. The number of likely N-dealkylation sites (tertiary alicyclic amines) is 1. The quantitative estimate of drug-likeness (QED) is 0.818. The molecule has 1 fully saturated rings. The summed E-state index contributed by atoms with van der Waals surface area (Å²) in [7, 11) is 0. The Morgan fingerprint density at radius 1 is 1.30 bits per heavy atom. The Kier molecular flexibility index (Phi) is 5.92. The molecule has 1 unspecified atom stereocenters. The number of carbonyl (C=O) groups excluding carboxylic acids is 1. The fourth-order valence-electron chi connectivity index (χ4n) is 2.58. The number of hydrogen-bond donors (Lipinski definition) is 1. The largest absolute Gasteiger partial charge is 0.352 e. The number of hydrogen-bond acceptors (Lipinski definition) is 3. The number of carbonyl (C=O) groups is 1. The molecule has 3 nitrogen and oxygen atoms in total. The Hall–Kier alpha value is -1.00. The van der Waals surface area contributed by atoms with Gasteiger partial charge in [-0.3, -0.25) is 4.79 Å². The number of nitrogens with one attached hydrogen (secondary N) is 1. The minimum atomic E-state index is 0.0333. The van der Waals surface area contributed by atoms with Crippen molar-refractivity contribution in [2.75, 3.05) is 32.4 Å². The van der Waals surface area contributed by atoms with E-state index in [2.05, 4.69) is 17.1 Å². The second-order valence-electron chi connectivity index (χ2n) is 5.55. The van der Waals surface area contributed by atoms with Crippen LogP contribution in [-0.2, 0) is 0 Å². The highest BCUT2D eigenvalue weighted by Gasteiger charge is 2.15. The van der Waals surface area contributed by atoms with Crippen LogP contribution in [0, 0.1) is 5.92 Å². The molecule has 0 spiro atoms. The van der Waals surface area contributed by atoms with E-state index in [1.165, 1.54) is 30.8 Å². The Morgan fingerprint density at radius 2 is 1.95 bits per heavy atom. The highest BCUT2D eigenvalue weighted by Crippen LogP contribution is 2.15. The molecule has 0 saturated carbocycles. The van der Waals surface area contributed by atoms with Gasteiger partial charge in [-0.1, -0.05) is 6.92 Å². The van der Waals surface area contributed by atoms with Crippen molar-refractivity contribution in [3.63, 3.8) is 0 Å². The summed E-state index contributed by atoms with van der Waals surface area (Å²) < 4.78 is 0. The van der Waals surface area contributed by atoms with Crippen LogP contribution in [0.5, 0.6) is 0 Å². The first-order valence-electron chi connectivity index (χ1n) is 7.33. The van der Waals surface area contributed by atoms with Gasteiger partial charge in [0.1, 0.15) is 0 Å². The van der Waals surface area contributed by atoms with Crippen molar-refractivity contribution in [1.29, 1.82) is 0 Å². The minimum Gasteiger partial charge on any atom is -0.352 e. The number of benzene rings is 1.